The van der Waals surface area contributed by atoms with Gasteiger partial charge in [-0.25, -0.2) is 4.79 Å². The highest BCUT2D eigenvalue weighted by molar-refractivity contribution is 8.00. The molecule has 3 unspecified atom stereocenters. The first-order valence-electron chi connectivity index (χ1n) is 8.51. The first-order valence-corrected chi connectivity index (χ1v) is 9.56. The average Bonchev–Trinajstić information content (AvgIpc) is 3.10. The summed E-state index contributed by atoms with van der Waals surface area (Å²) in [5, 5.41) is 9.14. The largest absolute Gasteiger partial charge is 0.378 e. The predicted molar refractivity (Wildman–Crippen MR) is 93.0 cm³/mol. The van der Waals surface area contributed by atoms with Crippen LogP contribution in [0.5, 0.6) is 0 Å². The third-order valence-corrected chi connectivity index (χ3v) is 5.54. The van der Waals surface area contributed by atoms with Gasteiger partial charge < -0.3 is 31.2 Å². The van der Waals surface area contributed by atoms with Crippen LogP contribution in [0, 0.1) is 0 Å². The molecule has 24 heavy (non-hydrogen) atoms. The van der Waals surface area contributed by atoms with Crippen LogP contribution >= 0.6 is 11.8 Å². The molecule has 8 nitrogen and oxygen atoms in total. The summed E-state index contributed by atoms with van der Waals surface area (Å²) in [6, 6.07) is 0.384. The van der Waals surface area contributed by atoms with Gasteiger partial charge in [0.25, 0.3) is 0 Å². The summed E-state index contributed by atoms with van der Waals surface area (Å²) in [5.41, 5.74) is 5.30. The first-order chi connectivity index (χ1) is 11.7. The maximum atomic E-state index is 11.8. The lowest BCUT2D eigenvalue weighted by molar-refractivity contribution is -0.121. The van der Waals surface area contributed by atoms with Gasteiger partial charge in [-0.2, -0.15) is 11.8 Å². The number of rotatable bonds is 12. The molecule has 3 atom stereocenters. The lowest BCUT2D eigenvalue weighted by Gasteiger charge is -2.16. The van der Waals surface area contributed by atoms with E-state index in [0.717, 1.165) is 18.6 Å². The van der Waals surface area contributed by atoms with Crippen LogP contribution in [0.15, 0.2) is 0 Å². The van der Waals surface area contributed by atoms with Crippen LogP contribution in [0.3, 0.4) is 0 Å². The molecule has 2 saturated heterocycles. The van der Waals surface area contributed by atoms with E-state index in [9.17, 15) is 9.59 Å². The molecule has 0 aromatic carbocycles. The van der Waals surface area contributed by atoms with Crippen molar-refractivity contribution in [1.29, 1.82) is 0 Å². The number of thioether (sulfide) groups is 1. The molecule has 2 fully saturated rings. The second kappa shape index (κ2) is 10.8. The Balaban J connectivity index is 1.43. The van der Waals surface area contributed by atoms with Crippen LogP contribution in [0.4, 0.5) is 4.79 Å². The van der Waals surface area contributed by atoms with Gasteiger partial charge in [-0.15, -0.1) is 0 Å². The maximum absolute atomic E-state index is 11.8. The van der Waals surface area contributed by atoms with Crippen molar-refractivity contribution >= 4 is 23.7 Å². The lowest BCUT2D eigenvalue weighted by atomic mass is 10.0. The van der Waals surface area contributed by atoms with Crippen LogP contribution in [0.1, 0.15) is 19.3 Å². The summed E-state index contributed by atoms with van der Waals surface area (Å²) in [4.78, 5) is 23.1. The molecular weight excluding hydrogens is 332 g/mol. The van der Waals surface area contributed by atoms with Crippen LogP contribution < -0.4 is 21.7 Å². The number of ether oxygens (including phenoxy) is 2. The number of nitrogens with two attached hydrogens (primary N) is 1. The van der Waals surface area contributed by atoms with Crippen molar-refractivity contribution in [2.45, 2.75) is 36.6 Å². The van der Waals surface area contributed by atoms with Gasteiger partial charge in [0.2, 0.25) is 5.91 Å². The van der Waals surface area contributed by atoms with E-state index in [1.54, 1.807) is 0 Å². The number of fused-ring (bicyclic) bond motifs is 1. The van der Waals surface area contributed by atoms with Crippen LogP contribution in [0.2, 0.25) is 0 Å². The average molecular weight is 360 g/mol. The molecular formula is C15H28N4O4S. The van der Waals surface area contributed by atoms with Crippen molar-refractivity contribution in [2.75, 3.05) is 45.3 Å². The molecule has 0 aromatic rings. The van der Waals surface area contributed by atoms with E-state index in [4.69, 9.17) is 15.2 Å². The SMILES string of the molecule is NCCOCCOCCNC(=O)CCCC1SCC2NC(=O)NC21. The van der Waals surface area contributed by atoms with E-state index >= 15 is 0 Å². The number of nitrogens with one attached hydrogen (secondary N) is 3. The minimum absolute atomic E-state index is 0.0473. The van der Waals surface area contributed by atoms with Crippen LogP contribution in [0.25, 0.3) is 0 Å². The highest BCUT2D eigenvalue weighted by Gasteiger charge is 2.42. The maximum Gasteiger partial charge on any atom is 0.315 e. The van der Waals surface area contributed by atoms with Crippen LogP contribution in [-0.4, -0.2) is 74.5 Å². The van der Waals surface area contributed by atoms with Gasteiger partial charge >= 0.3 is 6.03 Å². The molecule has 2 rings (SSSR count). The van der Waals surface area contributed by atoms with Crippen molar-refractivity contribution in [3.05, 3.63) is 0 Å². The Kier molecular flexibility index (Phi) is 8.65. The Labute approximate surface area is 146 Å². The number of carbonyl (C=O) groups is 2. The van der Waals surface area contributed by atoms with E-state index < -0.39 is 0 Å². The van der Waals surface area contributed by atoms with Crippen molar-refractivity contribution in [3.8, 4) is 0 Å². The van der Waals surface area contributed by atoms with E-state index in [0.29, 0.717) is 51.2 Å². The molecule has 0 aliphatic carbocycles. The van der Waals surface area contributed by atoms with Gasteiger partial charge in [0, 0.05) is 30.5 Å². The van der Waals surface area contributed by atoms with E-state index in [1.807, 2.05) is 11.8 Å². The quantitative estimate of drug-likeness (QED) is 0.274. The van der Waals surface area contributed by atoms with Crippen molar-refractivity contribution < 1.29 is 19.1 Å². The lowest BCUT2D eigenvalue weighted by Crippen LogP contribution is -2.37. The zero-order valence-corrected chi connectivity index (χ0v) is 14.7. The third kappa shape index (κ3) is 6.46. The molecule has 138 valence electrons. The third-order valence-electron chi connectivity index (χ3n) is 4.03. The van der Waals surface area contributed by atoms with Gasteiger partial charge in [-0.05, 0) is 12.8 Å². The first kappa shape index (κ1) is 19.3. The van der Waals surface area contributed by atoms with Crippen molar-refractivity contribution in [2.24, 2.45) is 5.73 Å². The van der Waals surface area contributed by atoms with Gasteiger partial charge in [0.05, 0.1) is 38.5 Å². The van der Waals surface area contributed by atoms with Crippen molar-refractivity contribution in [3.63, 3.8) is 0 Å². The fraction of sp³-hybridized carbons (Fsp3) is 0.867. The Morgan fingerprint density at radius 3 is 2.83 bits per heavy atom. The van der Waals surface area contributed by atoms with Gasteiger partial charge in [0.1, 0.15) is 0 Å². The Hall–Kier alpha value is -1.03. The smallest absolute Gasteiger partial charge is 0.315 e. The molecule has 2 aliphatic rings. The van der Waals surface area contributed by atoms with Gasteiger partial charge in [0.15, 0.2) is 0 Å². The number of hydrogen-bond acceptors (Lipinski definition) is 6. The number of carbonyl (C=O) groups excluding carboxylic acids is 2. The summed E-state index contributed by atoms with van der Waals surface area (Å²) in [5.74, 6) is 0.998. The molecule has 2 aliphatic heterocycles. The summed E-state index contributed by atoms with van der Waals surface area (Å²) < 4.78 is 10.5. The number of urea groups is 1. The number of amides is 3. The Morgan fingerprint density at radius 2 is 2.04 bits per heavy atom. The standard InChI is InChI=1S/C15H28N4O4S/c16-4-6-22-8-9-23-7-5-17-13(20)3-1-2-12-14-11(10-24-12)18-15(21)19-14/h11-12,14H,1-10,16H2,(H,17,20)(H2,18,19,21). The second-order valence-corrected chi connectivity index (χ2v) is 7.15. The summed E-state index contributed by atoms with van der Waals surface area (Å²) >= 11 is 1.87. The minimum Gasteiger partial charge on any atom is -0.378 e. The summed E-state index contributed by atoms with van der Waals surface area (Å²) in [6.07, 6.45) is 2.28. The van der Waals surface area contributed by atoms with E-state index in [1.165, 1.54) is 0 Å². The molecule has 0 aromatic heterocycles. The molecule has 0 saturated carbocycles. The highest BCUT2D eigenvalue weighted by Crippen LogP contribution is 2.32. The van der Waals surface area contributed by atoms with E-state index in [-0.39, 0.29) is 24.0 Å². The fourth-order valence-electron chi connectivity index (χ4n) is 2.86. The summed E-state index contributed by atoms with van der Waals surface area (Å²) in [6.45, 7) is 3.09. The Morgan fingerprint density at radius 1 is 1.25 bits per heavy atom. The minimum atomic E-state index is -0.0681. The van der Waals surface area contributed by atoms with Gasteiger partial charge in [-0.3, -0.25) is 4.79 Å². The predicted octanol–water partition coefficient (Wildman–Crippen LogP) is -0.570. The molecule has 2 heterocycles. The van der Waals surface area contributed by atoms with Gasteiger partial charge in [-0.1, -0.05) is 0 Å². The zero-order valence-electron chi connectivity index (χ0n) is 13.9. The second-order valence-electron chi connectivity index (χ2n) is 5.88. The van der Waals surface area contributed by atoms with E-state index in [2.05, 4.69) is 16.0 Å². The topological polar surface area (TPSA) is 115 Å². The normalized spacial score (nSPS) is 25.2. The molecule has 5 N–H and O–H groups in total. The molecule has 9 heteroatoms. The molecule has 0 radical (unpaired) electrons. The Bertz CT molecular complexity index is 413. The highest BCUT2D eigenvalue weighted by atomic mass is 32.2. The summed E-state index contributed by atoms with van der Waals surface area (Å²) in [7, 11) is 0. The molecule has 0 bridgehead atoms. The molecule has 3 amide bonds. The van der Waals surface area contributed by atoms with Crippen molar-refractivity contribution in [1.82, 2.24) is 16.0 Å². The monoisotopic (exact) mass is 360 g/mol. The van der Waals surface area contributed by atoms with Crippen LogP contribution in [-0.2, 0) is 14.3 Å². The number of hydrogen-bond donors (Lipinski definition) is 4. The fourth-order valence-corrected chi connectivity index (χ4v) is 4.41. The zero-order chi connectivity index (χ0) is 17.2. The molecule has 0 spiro atoms.